The molecule has 7 heteroatoms. The first kappa shape index (κ1) is 16.6. The van der Waals surface area contributed by atoms with Crippen LogP contribution in [0.15, 0.2) is 34.2 Å². The molecule has 6 nitrogen and oxygen atoms in total. The van der Waals surface area contributed by atoms with E-state index in [4.69, 9.17) is 4.74 Å². The summed E-state index contributed by atoms with van der Waals surface area (Å²) < 4.78 is 7.22. The standard InChI is InChI=1S/C17H19N3O3S/c1-4-23-11-7-5-10(6-8-11)12-9-13(21)18-15-14(12)16(22)19-17(24-3)20(15)2/h5-8,12H,4,9H2,1-3H3,(H,18,21). The van der Waals surface area contributed by atoms with Gasteiger partial charge >= 0.3 is 0 Å². The molecule has 0 spiro atoms. The fourth-order valence-electron chi connectivity index (χ4n) is 2.97. The van der Waals surface area contributed by atoms with Crippen molar-refractivity contribution in [3.05, 3.63) is 45.7 Å². The number of nitrogens with zero attached hydrogens (tertiary/aromatic N) is 2. The summed E-state index contributed by atoms with van der Waals surface area (Å²) in [4.78, 5) is 28.9. The van der Waals surface area contributed by atoms with Gasteiger partial charge in [-0.25, -0.2) is 0 Å². The minimum Gasteiger partial charge on any atom is -0.494 e. The molecule has 1 N–H and O–H groups in total. The lowest BCUT2D eigenvalue weighted by molar-refractivity contribution is -0.116. The molecule has 1 aromatic carbocycles. The number of rotatable bonds is 4. The van der Waals surface area contributed by atoms with E-state index in [0.29, 0.717) is 23.1 Å². The van der Waals surface area contributed by atoms with Gasteiger partial charge in [-0.1, -0.05) is 23.9 Å². The van der Waals surface area contributed by atoms with E-state index >= 15 is 0 Å². The Balaban J connectivity index is 2.10. The first-order valence-electron chi connectivity index (χ1n) is 7.72. The Labute approximate surface area is 144 Å². The van der Waals surface area contributed by atoms with Crippen molar-refractivity contribution in [2.24, 2.45) is 7.05 Å². The van der Waals surface area contributed by atoms with E-state index < -0.39 is 0 Å². The summed E-state index contributed by atoms with van der Waals surface area (Å²) in [6.45, 7) is 2.52. The molecule has 1 atom stereocenters. The molecule has 0 saturated heterocycles. The predicted molar refractivity (Wildman–Crippen MR) is 94.0 cm³/mol. The highest BCUT2D eigenvalue weighted by Gasteiger charge is 2.31. The lowest BCUT2D eigenvalue weighted by Gasteiger charge is -2.27. The number of nitrogens with one attached hydrogen (secondary N) is 1. The molecule has 3 rings (SSSR count). The number of thioether (sulfide) groups is 1. The number of hydrogen-bond acceptors (Lipinski definition) is 5. The molecule has 0 saturated carbocycles. The van der Waals surface area contributed by atoms with Crippen LogP contribution in [-0.2, 0) is 11.8 Å². The van der Waals surface area contributed by atoms with Gasteiger partial charge in [0, 0.05) is 19.4 Å². The van der Waals surface area contributed by atoms with Crippen LogP contribution in [0.1, 0.15) is 30.4 Å². The Morgan fingerprint density at radius 1 is 1.33 bits per heavy atom. The first-order chi connectivity index (χ1) is 11.5. The van der Waals surface area contributed by atoms with Crippen molar-refractivity contribution < 1.29 is 9.53 Å². The molecule has 0 bridgehead atoms. The van der Waals surface area contributed by atoms with Crippen LogP contribution in [0.4, 0.5) is 5.82 Å². The topological polar surface area (TPSA) is 73.2 Å². The highest BCUT2D eigenvalue weighted by Crippen LogP contribution is 2.36. The van der Waals surface area contributed by atoms with Crippen molar-refractivity contribution >= 4 is 23.5 Å². The summed E-state index contributed by atoms with van der Waals surface area (Å²) in [5.74, 6) is 0.904. The van der Waals surface area contributed by atoms with Gasteiger partial charge in [0.05, 0.1) is 12.2 Å². The SMILES string of the molecule is CCOc1ccc(C2CC(=O)Nc3c2c(=O)nc(SC)n3C)cc1. The van der Waals surface area contributed by atoms with Crippen molar-refractivity contribution in [3.8, 4) is 5.75 Å². The fourth-order valence-corrected chi connectivity index (χ4v) is 3.50. The van der Waals surface area contributed by atoms with Crippen molar-refractivity contribution in [1.29, 1.82) is 0 Å². The van der Waals surface area contributed by atoms with Crippen LogP contribution in [0.25, 0.3) is 0 Å². The number of carbonyl (C=O) groups excluding carboxylic acids is 1. The monoisotopic (exact) mass is 345 g/mol. The zero-order valence-electron chi connectivity index (χ0n) is 13.8. The summed E-state index contributed by atoms with van der Waals surface area (Å²) in [7, 11) is 1.80. The van der Waals surface area contributed by atoms with E-state index in [9.17, 15) is 9.59 Å². The van der Waals surface area contributed by atoms with E-state index in [2.05, 4.69) is 10.3 Å². The van der Waals surface area contributed by atoms with Gasteiger partial charge in [0.1, 0.15) is 11.6 Å². The number of benzene rings is 1. The molecular weight excluding hydrogens is 326 g/mol. The molecule has 1 unspecified atom stereocenters. The Morgan fingerprint density at radius 2 is 2.04 bits per heavy atom. The second-order valence-corrected chi connectivity index (χ2v) is 6.31. The number of amides is 1. The van der Waals surface area contributed by atoms with E-state index in [-0.39, 0.29) is 23.8 Å². The second kappa shape index (κ2) is 6.68. The Hall–Kier alpha value is -2.28. The summed E-state index contributed by atoms with van der Waals surface area (Å²) in [5, 5.41) is 3.40. The lowest BCUT2D eigenvalue weighted by Crippen LogP contribution is -2.33. The van der Waals surface area contributed by atoms with Gasteiger partial charge in [-0.2, -0.15) is 4.98 Å². The highest BCUT2D eigenvalue weighted by atomic mass is 32.2. The highest BCUT2D eigenvalue weighted by molar-refractivity contribution is 7.98. The Bertz CT molecular complexity index is 830. The number of aromatic nitrogens is 2. The molecule has 2 heterocycles. The lowest BCUT2D eigenvalue weighted by atomic mass is 9.87. The summed E-state index contributed by atoms with van der Waals surface area (Å²) in [6, 6.07) is 7.53. The zero-order chi connectivity index (χ0) is 17.3. The minimum absolute atomic E-state index is 0.102. The maximum absolute atomic E-state index is 12.5. The van der Waals surface area contributed by atoms with Gasteiger partial charge in [-0.15, -0.1) is 0 Å². The van der Waals surface area contributed by atoms with E-state index in [1.165, 1.54) is 11.8 Å². The smallest absolute Gasteiger partial charge is 0.279 e. The van der Waals surface area contributed by atoms with E-state index in [0.717, 1.165) is 11.3 Å². The van der Waals surface area contributed by atoms with Gasteiger partial charge in [0.2, 0.25) is 5.91 Å². The molecule has 0 fully saturated rings. The number of hydrogen-bond donors (Lipinski definition) is 1. The molecule has 24 heavy (non-hydrogen) atoms. The quantitative estimate of drug-likeness (QED) is 0.680. The van der Waals surface area contributed by atoms with Crippen LogP contribution in [0.5, 0.6) is 5.75 Å². The normalized spacial score (nSPS) is 16.5. The van der Waals surface area contributed by atoms with E-state index in [1.807, 2.05) is 37.4 Å². The van der Waals surface area contributed by atoms with Crippen LogP contribution in [0.2, 0.25) is 0 Å². The van der Waals surface area contributed by atoms with Crippen molar-refractivity contribution in [2.75, 3.05) is 18.2 Å². The number of anilines is 1. The van der Waals surface area contributed by atoms with Crippen LogP contribution in [0.3, 0.4) is 0 Å². The van der Waals surface area contributed by atoms with Gasteiger partial charge in [-0.3, -0.25) is 9.59 Å². The molecule has 0 radical (unpaired) electrons. The van der Waals surface area contributed by atoms with Crippen molar-refractivity contribution in [2.45, 2.75) is 24.4 Å². The first-order valence-corrected chi connectivity index (χ1v) is 8.95. The van der Waals surface area contributed by atoms with Gasteiger partial charge in [-0.05, 0) is 30.9 Å². The van der Waals surface area contributed by atoms with Crippen molar-refractivity contribution in [3.63, 3.8) is 0 Å². The molecule has 1 aliphatic heterocycles. The number of carbonyl (C=O) groups is 1. The average molecular weight is 345 g/mol. The summed E-state index contributed by atoms with van der Waals surface area (Å²) in [5.41, 5.74) is 1.16. The predicted octanol–water partition coefficient (Wildman–Crippen LogP) is 2.38. The van der Waals surface area contributed by atoms with Crippen LogP contribution < -0.4 is 15.6 Å². The van der Waals surface area contributed by atoms with Gasteiger partial charge < -0.3 is 14.6 Å². The maximum atomic E-state index is 12.5. The zero-order valence-corrected chi connectivity index (χ0v) is 14.6. The Kier molecular flexibility index (Phi) is 4.62. The summed E-state index contributed by atoms with van der Waals surface area (Å²) in [6.07, 6.45) is 2.08. The Morgan fingerprint density at radius 3 is 2.67 bits per heavy atom. The molecule has 126 valence electrons. The molecule has 1 amide bonds. The van der Waals surface area contributed by atoms with Crippen LogP contribution >= 0.6 is 11.8 Å². The summed E-state index contributed by atoms with van der Waals surface area (Å²) >= 11 is 1.37. The molecule has 1 aromatic heterocycles. The minimum atomic E-state index is -0.300. The third-order valence-corrected chi connectivity index (χ3v) is 4.81. The number of fused-ring (bicyclic) bond motifs is 1. The third-order valence-electron chi connectivity index (χ3n) is 4.08. The van der Waals surface area contributed by atoms with Crippen molar-refractivity contribution in [1.82, 2.24) is 9.55 Å². The van der Waals surface area contributed by atoms with Crippen LogP contribution in [0, 0.1) is 0 Å². The van der Waals surface area contributed by atoms with Gasteiger partial charge in [0.15, 0.2) is 5.16 Å². The fraction of sp³-hybridized carbons (Fsp3) is 0.353. The van der Waals surface area contributed by atoms with Gasteiger partial charge in [0.25, 0.3) is 5.56 Å². The maximum Gasteiger partial charge on any atom is 0.279 e. The molecule has 2 aromatic rings. The molecular formula is C17H19N3O3S. The third kappa shape index (κ3) is 2.91. The van der Waals surface area contributed by atoms with Crippen LogP contribution in [-0.4, -0.2) is 28.3 Å². The largest absolute Gasteiger partial charge is 0.494 e. The van der Waals surface area contributed by atoms with E-state index in [1.54, 1.807) is 11.6 Å². The molecule has 1 aliphatic rings. The second-order valence-electron chi connectivity index (χ2n) is 5.53. The molecule has 0 aliphatic carbocycles. The average Bonchev–Trinajstić information content (AvgIpc) is 2.58. The number of ether oxygens (including phenoxy) is 1.